The highest BCUT2D eigenvalue weighted by Gasteiger charge is 2.42. The summed E-state index contributed by atoms with van der Waals surface area (Å²) < 4.78 is 26.7. The van der Waals surface area contributed by atoms with Gasteiger partial charge in [0.1, 0.15) is 0 Å². The number of rotatable bonds is 3. The van der Waals surface area contributed by atoms with E-state index in [0.717, 1.165) is 17.3 Å². The summed E-state index contributed by atoms with van der Waals surface area (Å²) in [6.07, 6.45) is 2.67. The van der Waals surface area contributed by atoms with E-state index >= 15 is 0 Å². The quantitative estimate of drug-likeness (QED) is 0.899. The van der Waals surface area contributed by atoms with Crippen molar-refractivity contribution >= 4 is 25.8 Å². The van der Waals surface area contributed by atoms with Crippen LogP contribution in [0, 0.1) is 5.41 Å². The van der Waals surface area contributed by atoms with Crippen molar-refractivity contribution in [1.82, 2.24) is 5.32 Å². The molecule has 0 bridgehead atoms. The highest BCUT2D eigenvalue weighted by Crippen LogP contribution is 2.40. The number of nitrogens with one attached hydrogen (secondary N) is 1. The van der Waals surface area contributed by atoms with E-state index in [1.165, 1.54) is 0 Å². The van der Waals surface area contributed by atoms with Crippen LogP contribution < -0.4 is 5.32 Å². The van der Waals surface area contributed by atoms with Gasteiger partial charge in [-0.15, -0.1) is 0 Å². The first-order valence-corrected chi connectivity index (χ1v) is 9.27. The molecule has 112 valence electrons. The summed E-state index contributed by atoms with van der Waals surface area (Å²) in [7, 11) is -1.44. The van der Waals surface area contributed by atoms with Gasteiger partial charge in [-0.05, 0) is 56.0 Å². The molecule has 3 nitrogen and oxygen atoms in total. The van der Waals surface area contributed by atoms with E-state index in [4.69, 9.17) is 0 Å². The van der Waals surface area contributed by atoms with Crippen LogP contribution in [0.15, 0.2) is 33.6 Å². The van der Waals surface area contributed by atoms with Crippen LogP contribution in [-0.4, -0.2) is 26.8 Å². The van der Waals surface area contributed by atoms with E-state index in [9.17, 15) is 8.42 Å². The molecule has 2 rings (SSSR count). The van der Waals surface area contributed by atoms with Crippen LogP contribution in [0.3, 0.4) is 0 Å². The summed E-state index contributed by atoms with van der Waals surface area (Å²) in [6, 6.07) is 6.99. The minimum absolute atomic E-state index is 0.0386. The van der Waals surface area contributed by atoms with Crippen LogP contribution in [0.5, 0.6) is 0 Å². The van der Waals surface area contributed by atoms with E-state index in [0.29, 0.717) is 11.3 Å². The molecule has 0 heterocycles. The van der Waals surface area contributed by atoms with Crippen molar-refractivity contribution in [3.8, 4) is 0 Å². The molecule has 1 saturated carbocycles. The lowest BCUT2D eigenvalue weighted by atomic mass is 9.75. The SMILES string of the molecule is CNC1CCC(C)(C)CC1S(=O)(=O)c1ccc(Br)cc1. The molecule has 1 N–H and O–H groups in total. The van der Waals surface area contributed by atoms with E-state index in [2.05, 4.69) is 35.1 Å². The van der Waals surface area contributed by atoms with Gasteiger partial charge in [-0.2, -0.15) is 0 Å². The number of hydrogen-bond acceptors (Lipinski definition) is 3. The first-order valence-electron chi connectivity index (χ1n) is 6.93. The topological polar surface area (TPSA) is 46.2 Å². The molecule has 2 unspecified atom stereocenters. The first kappa shape index (κ1) is 16.0. The molecule has 0 aromatic heterocycles. The predicted molar refractivity (Wildman–Crippen MR) is 85.6 cm³/mol. The maximum absolute atomic E-state index is 12.9. The Morgan fingerprint density at radius 1 is 1.25 bits per heavy atom. The maximum atomic E-state index is 12.9. The van der Waals surface area contributed by atoms with Crippen LogP contribution >= 0.6 is 15.9 Å². The molecule has 1 aliphatic rings. The minimum Gasteiger partial charge on any atom is -0.316 e. The molecular weight excluding hydrogens is 338 g/mol. The molecule has 0 aliphatic heterocycles. The van der Waals surface area contributed by atoms with Crippen molar-refractivity contribution in [3.63, 3.8) is 0 Å². The van der Waals surface area contributed by atoms with Gasteiger partial charge in [-0.3, -0.25) is 0 Å². The van der Waals surface area contributed by atoms with Crippen LogP contribution in [-0.2, 0) is 9.84 Å². The number of benzene rings is 1. The first-order chi connectivity index (χ1) is 9.26. The molecule has 0 radical (unpaired) electrons. The fourth-order valence-electron chi connectivity index (χ4n) is 2.98. The normalized spacial score (nSPS) is 26.4. The Balaban J connectivity index is 2.37. The molecule has 1 aromatic rings. The zero-order valence-electron chi connectivity index (χ0n) is 12.2. The number of hydrogen-bond donors (Lipinski definition) is 1. The van der Waals surface area contributed by atoms with Gasteiger partial charge in [0.15, 0.2) is 9.84 Å². The van der Waals surface area contributed by atoms with Gasteiger partial charge in [-0.1, -0.05) is 29.8 Å². The number of halogens is 1. The second-order valence-electron chi connectivity index (χ2n) is 6.34. The average molecular weight is 360 g/mol. The molecular formula is C15H22BrNO2S. The molecule has 5 heteroatoms. The molecule has 1 aromatic carbocycles. The summed E-state index contributed by atoms with van der Waals surface area (Å²) in [4.78, 5) is 0.420. The Kier molecular flexibility index (Phi) is 4.62. The molecule has 20 heavy (non-hydrogen) atoms. The van der Waals surface area contributed by atoms with Gasteiger partial charge in [-0.25, -0.2) is 8.42 Å². The summed E-state index contributed by atoms with van der Waals surface area (Å²) in [5, 5.41) is 2.84. The zero-order valence-corrected chi connectivity index (χ0v) is 14.6. The van der Waals surface area contributed by atoms with E-state index in [-0.39, 0.29) is 16.7 Å². The smallest absolute Gasteiger partial charge is 0.182 e. The minimum atomic E-state index is -3.29. The van der Waals surface area contributed by atoms with E-state index in [1.807, 2.05) is 7.05 Å². The lowest BCUT2D eigenvalue weighted by Gasteiger charge is -2.40. The lowest BCUT2D eigenvalue weighted by Crippen LogP contribution is -2.48. The Morgan fingerprint density at radius 3 is 2.40 bits per heavy atom. The van der Waals surface area contributed by atoms with Crippen molar-refractivity contribution in [2.24, 2.45) is 5.41 Å². The molecule has 0 amide bonds. The van der Waals surface area contributed by atoms with Crippen LogP contribution in [0.4, 0.5) is 0 Å². The summed E-state index contributed by atoms with van der Waals surface area (Å²) in [5.41, 5.74) is 0.0838. The maximum Gasteiger partial charge on any atom is 0.182 e. The van der Waals surface area contributed by atoms with Gasteiger partial charge in [0.05, 0.1) is 10.1 Å². The van der Waals surface area contributed by atoms with Crippen molar-refractivity contribution in [2.75, 3.05) is 7.05 Å². The molecule has 1 fully saturated rings. The van der Waals surface area contributed by atoms with Gasteiger partial charge in [0.25, 0.3) is 0 Å². The highest BCUT2D eigenvalue weighted by atomic mass is 79.9. The standard InChI is InChI=1S/C15H22BrNO2S/c1-15(2)9-8-13(17-3)14(10-15)20(18,19)12-6-4-11(16)5-7-12/h4-7,13-14,17H,8-10H2,1-3H3. The van der Waals surface area contributed by atoms with E-state index in [1.54, 1.807) is 24.3 Å². The molecule has 1 aliphatic carbocycles. The Labute approximate surface area is 130 Å². The van der Waals surface area contributed by atoms with Crippen LogP contribution in [0.1, 0.15) is 33.1 Å². The van der Waals surface area contributed by atoms with Gasteiger partial charge in [0.2, 0.25) is 0 Å². The van der Waals surface area contributed by atoms with Gasteiger partial charge >= 0.3 is 0 Å². The third kappa shape index (κ3) is 3.26. The third-order valence-electron chi connectivity index (χ3n) is 4.25. The Bertz CT molecular complexity index is 566. The van der Waals surface area contributed by atoms with Crippen molar-refractivity contribution in [1.29, 1.82) is 0 Å². The molecule has 2 atom stereocenters. The largest absolute Gasteiger partial charge is 0.316 e. The average Bonchev–Trinajstić information content (AvgIpc) is 2.38. The second kappa shape index (κ2) is 5.78. The highest BCUT2D eigenvalue weighted by molar-refractivity contribution is 9.10. The zero-order chi connectivity index (χ0) is 15.0. The fourth-order valence-corrected chi connectivity index (χ4v) is 5.48. The summed E-state index contributed by atoms with van der Waals surface area (Å²) >= 11 is 3.34. The fraction of sp³-hybridized carbons (Fsp3) is 0.600. The van der Waals surface area contributed by atoms with Gasteiger partial charge < -0.3 is 5.32 Å². The Morgan fingerprint density at radius 2 is 1.85 bits per heavy atom. The van der Waals surface area contributed by atoms with Crippen LogP contribution in [0.2, 0.25) is 0 Å². The molecule has 0 spiro atoms. The summed E-state index contributed by atoms with van der Waals surface area (Å²) in [5.74, 6) is 0. The van der Waals surface area contributed by atoms with Gasteiger partial charge in [0, 0.05) is 10.5 Å². The second-order valence-corrected chi connectivity index (χ2v) is 9.42. The number of sulfone groups is 1. The van der Waals surface area contributed by atoms with Crippen LogP contribution in [0.25, 0.3) is 0 Å². The van der Waals surface area contributed by atoms with Crippen molar-refractivity contribution in [3.05, 3.63) is 28.7 Å². The lowest BCUT2D eigenvalue weighted by molar-refractivity contribution is 0.213. The Hall–Kier alpha value is -0.390. The summed E-state index contributed by atoms with van der Waals surface area (Å²) in [6.45, 7) is 4.31. The molecule has 0 saturated heterocycles. The van der Waals surface area contributed by atoms with Crippen molar-refractivity contribution < 1.29 is 8.42 Å². The monoisotopic (exact) mass is 359 g/mol. The van der Waals surface area contributed by atoms with Crippen molar-refractivity contribution in [2.45, 2.75) is 49.3 Å². The predicted octanol–water partition coefficient (Wildman–Crippen LogP) is 3.39. The van der Waals surface area contributed by atoms with E-state index < -0.39 is 9.84 Å². The third-order valence-corrected chi connectivity index (χ3v) is 7.00.